The second kappa shape index (κ2) is 8.48. The topological polar surface area (TPSA) is 81.7 Å². The maximum absolute atomic E-state index is 13.3. The van der Waals surface area contributed by atoms with Crippen LogP contribution in [0.1, 0.15) is 44.1 Å². The SMILES string of the molecule is N#CC(=Cc1c(N2CCCCC2)nc2ccccn2c1=O)C(=O)N1CCCCC1. The quantitative estimate of drug-likeness (QED) is 0.593. The summed E-state index contributed by atoms with van der Waals surface area (Å²) in [7, 11) is 0. The first-order valence-electron chi connectivity index (χ1n) is 10.4. The summed E-state index contributed by atoms with van der Waals surface area (Å²) in [4.78, 5) is 34.7. The first-order chi connectivity index (χ1) is 14.2. The van der Waals surface area contributed by atoms with E-state index >= 15 is 0 Å². The molecule has 2 aliphatic heterocycles. The number of anilines is 1. The molecule has 0 atom stereocenters. The lowest BCUT2D eigenvalue weighted by molar-refractivity contribution is -0.127. The highest BCUT2D eigenvalue weighted by Gasteiger charge is 2.24. The number of hydrogen-bond donors (Lipinski definition) is 0. The van der Waals surface area contributed by atoms with Crippen LogP contribution in [0.15, 0.2) is 34.8 Å². The highest BCUT2D eigenvalue weighted by atomic mass is 16.2. The summed E-state index contributed by atoms with van der Waals surface area (Å²) in [6.45, 7) is 2.95. The molecular formula is C22H25N5O2. The van der Waals surface area contributed by atoms with E-state index in [4.69, 9.17) is 4.98 Å². The summed E-state index contributed by atoms with van der Waals surface area (Å²) < 4.78 is 1.47. The van der Waals surface area contributed by atoms with Crippen LogP contribution in [0.4, 0.5) is 5.82 Å². The van der Waals surface area contributed by atoms with Gasteiger partial charge in [-0.25, -0.2) is 4.98 Å². The molecule has 2 fully saturated rings. The van der Waals surface area contributed by atoms with E-state index in [0.717, 1.165) is 51.6 Å². The molecule has 29 heavy (non-hydrogen) atoms. The number of rotatable bonds is 3. The molecule has 2 aromatic heterocycles. The van der Waals surface area contributed by atoms with Crippen molar-refractivity contribution in [3.8, 4) is 6.07 Å². The van der Waals surface area contributed by atoms with E-state index in [1.165, 1.54) is 10.5 Å². The van der Waals surface area contributed by atoms with Gasteiger partial charge >= 0.3 is 0 Å². The predicted octanol–water partition coefficient (Wildman–Crippen LogP) is 2.60. The van der Waals surface area contributed by atoms with Gasteiger partial charge in [0.15, 0.2) is 0 Å². The summed E-state index contributed by atoms with van der Waals surface area (Å²) in [5, 5.41) is 9.69. The number of nitrogens with zero attached hydrogens (tertiary/aromatic N) is 5. The Morgan fingerprint density at radius 3 is 2.41 bits per heavy atom. The number of aromatic nitrogens is 2. The molecule has 4 heterocycles. The number of carbonyl (C=O) groups excluding carboxylic acids is 1. The van der Waals surface area contributed by atoms with Crippen molar-refractivity contribution in [2.24, 2.45) is 0 Å². The lowest BCUT2D eigenvalue weighted by Crippen LogP contribution is -2.36. The Balaban J connectivity index is 1.82. The first kappa shape index (κ1) is 19.2. The number of hydrogen-bond acceptors (Lipinski definition) is 5. The molecule has 4 rings (SSSR count). The molecule has 0 aliphatic carbocycles. The van der Waals surface area contributed by atoms with Crippen molar-refractivity contribution in [2.75, 3.05) is 31.1 Å². The zero-order chi connectivity index (χ0) is 20.2. The van der Waals surface area contributed by atoms with Crippen molar-refractivity contribution in [3.05, 3.63) is 45.9 Å². The predicted molar refractivity (Wildman–Crippen MR) is 112 cm³/mol. The number of piperidine rings is 2. The molecule has 0 radical (unpaired) electrons. The van der Waals surface area contributed by atoms with Gasteiger partial charge in [0, 0.05) is 32.4 Å². The summed E-state index contributed by atoms with van der Waals surface area (Å²) in [6, 6.07) is 7.44. The molecule has 2 aliphatic rings. The molecule has 0 unspecified atom stereocenters. The normalized spacial score (nSPS) is 18.0. The number of fused-ring (bicyclic) bond motifs is 1. The van der Waals surface area contributed by atoms with Crippen molar-refractivity contribution in [2.45, 2.75) is 38.5 Å². The minimum Gasteiger partial charge on any atom is -0.356 e. The van der Waals surface area contributed by atoms with Gasteiger partial charge < -0.3 is 9.80 Å². The Labute approximate surface area is 169 Å². The van der Waals surface area contributed by atoms with Crippen LogP contribution < -0.4 is 10.5 Å². The molecule has 0 aromatic carbocycles. The molecule has 2 saturated heterocycles. The van der Waals surface area contributed by atoms with E-state index in [9.17, 15) is 14.9 Å². The molecule has 0 N–H and O–H groups in total. The largest absolute Gasteiger partial charge is 0.356 e. The third kappa shape index (κ3) is 3.88. The fourth-order valence-electron chi connectivity index (χ4n) is 4.12. The van der Waals surface area contributed by atoms with Gasteiger partial charge in [-0.15, -0.1) is 0 Å². The monoisotopic (exact) mass is 391 g/mol. The summed E-state index contributed by atoms with van der Waals surface area (Å²) in [6.07, 6.45) is 9.35. The van der Waals surface area contributed by atoms with Crippen LogP contribution in [0.25, 0.3) is 11.7 Å². The van der Waals surface area contributed by atoms with Crippen molar-refractivity contribution in [1.82, 2.24) is 14.3 Å². The second-order valence-electron chi connectivity index (χ2n) is 7.65. The summed E-state index contributed by atoms with van der Waals surface area (Å²) in [5.74, 6) is 0.273. The van der Waals surface area contributed by atoms with E-state index in [-0.39, 0.29) is 17.0 Å². The van der Waals surface area contributed by atoms with Crippen LogP contribution >= 0.6 is 0 Å². The number of carbonyl (C=O) groups is 1. The third-order valence-electron chi connectivity index (χ3n) is 5.69. The molecule has 0 saturated carbocycles. The van der Waals surface area contributed by atoms with Crippen LogP contribution in [0.2, 0.25) is 0 Å². The van der Waals surface area contributed by atoms with Crippen LogP contribution in [0.3, 0.4) is 0 Å². The minimum atomic E-state index is -0.297. The third-order valence-corrected chi connectivity index (χ3v) is 5.69. The van der Waals surface area contributed by atoms with Gasteiger partial charge in [0.05, 0.1) is 5.56 Å². The maximum atomic E-state index is 13.3. The van der Waals surface area contributed by atoms with Crippen molar-refractivity contribution < 1.29 is 4.79 Å². The Hall–Kier alpha value is -3.14. The van der Waals surface area contributed by atoms with Crippen molar-refractivity contribution in [3.63, 3.8) is 0 Å². The van der Waals surface area contributed by atoms with E-state index < -0.39 is 0 Å². The van der Waals surface area contributed by atoms with Gasteiger partial charge in [-0.3, -0.25) is 14.0 Å². The van der Waals surface area contributed by atoms with Crippen LogP contribution in [-0.2, 0) is 4.79 Å². The van der Waals surface area contributed by atoms with Crippen LogP contribution in [-0.4, -0.2) is 46.4 Å². The first-order valence-corrected chi connectivity index (χ1v) is 10.4. The number of likely N-dealkylation sites (tertiary alicyclic amines) is 1. The number of pyridine rings is 1. The maximum Gasteiger partial charge on any atom is 0.267 e. The smallest absolute Gasteiger partial charge is 0.267 e. The van der Waals surface area contributed by atoms with Crippen LogP contribution in [0.5, 0.6) is 0 Å². The van der Waals surface area contributed by atoms with Gasteiger partial charge in [0.2, 0.25) is 0 Å². The van der Waals surface area contributed by atoms with E-state index in [2.05, 4.69) is 4.90 Å². The molecule has 150 valence electrons. The summed E-state index contributed by atoms with van der Waals surface area (Å²) in [5.41, 5.74) is 0.629. The van der Waals surface area contributed by atoms with E-state index in [1.807, 2.05) is 12.1 Å². The molecule has 7 nitrogen and oxygen atoms in total. The van der Waals surface area contributed by atoms with E-state index in [0.29, 0.717) is 30.1 Å². The fraction of sp³-hybridized carbons (Fsp3) is 0.455. The molecule has 0 bridgehead atoms. The average Bonchev–Trinajstić information content (AvgIpc) is 2.79. The Bertz CT molecular complexity index is 1040. The number of amides is 1. The molecule has 0 spiro atoms. The van der Waals surface area contributed by atoms with Gasteiger partial charge in [0.1, 0.15) is 23.1 Å². The second-order valence-corrected chi connectivity index (χ2v) is 7.65. The van der Waals surface area contributed by atoms with Gasteiger partial charge in [0.25, 0.3) is 11.5 Å². The molecule has 7 heteroatoms. The average molecular weight is 391 g/mol. The lowest BCUT2D eigenvalue weighted by Gasteiger charge is -2.29. The molecule has 2 aromatic rings. The summed E-state index contributed by atoms with van der Waals surface area (Å²) >= 11 is 0. The van der Waals surface area contributed by atoms with Gasteiger partial charge in [-0.1, -0.05) is 6.07 Å². The lowest BCUT2D eigenvalue weighted by atomic mass is 10.1. The standard InChI is InChI=1S/C22H25N5O2/c23-16-17(21(28)26-12-6-2-7-13-26)15-18-20(25-10-4-1-5-11-25)24-19-9-3-8-14-27(19)22(18)29/h3,8-9,14-15H,1-2,4-7,10-13H2. The Morgan fingerprint density at radius 2 is 1.72 bits per heavy atom. The number of nitriles is 1. The van der Waals surface area contributed by atoms with Crippen molar-refractivity contribution >= 4 is 23.4 Å². The highest BCUT2D eigenvalue weighted by Crippen LogP contribution is 2.23. The van der Waals surface area contributed by atoms with E-state index in [1.54, 1.807) is 23.2 Å². The highest BCUT2D eigenvalue weighted by molar-refractivity contribution is 6.02. The van der Waals surface area contributed by atoms with Crippen molar-refractivity contribution in [1.29, 1.82) is 5.26 Å². The zero-order valence-corrected chi connectivity index (χ0v) is 16.5. The molecule has 1 amide bonds. The fourth-order valence-corrected chi connectivity index (χ4v) is 4.12. The van der Waals surface area contributed by atoms with Gasteiger partial charge in [-0.2, -0.15) is 5.26 Å². The Kier molecular flexibility index (Phi) is 5.61. The van der Waals surface area contributed by atoms with Crippen LogP contribution in [0, 0.1) is 11.3 Å². The van der Waals surface area contributed by atoms with Gasteiger partial charge in [-0.05, 0) is 56.7 Å². The minimum absolute atomic E-state index is 0.0000550. The Morgan fingerprint density at radius 1 is 1.03 bits per heavy atom. The zero-order valence-electron chi connectivity index (χ0n) is 16.5. The molecular weight excluding hydrogens is 366 g/mol.